The van der Waals surface area contributed by atoms with Gasteiger partial charge in [-0.2, -0.15) is 5.48 Å². The van der Waals surface area contributed by atoms with Crippen LogP contribution in [-0.2, 0) is 19.2 Å². The number of hydroxylamine groups is 1. The largest absolute Gasteiger partial charge is 0.481 e. The van der Waals surface area contributed by atoms with E-state index in [1.54, 1.807) is 51.1 Å². The van der Waals surface area contributed by atoms with Crippen LogP contribution in [0.3, 0.4) is 0 Å². The van der Waals surface area contributed by atoms with Crippen molar-refractivity contribution in [2.75, 3.05) is 0 Å². The fraction of sp³-hybridized carbons (Fsp3) is 0.524. The normalized spacial score (nSPS) is 17.3. The van der Waals surface area contributed by atoms with Gasteiger partial charge in [-0.15, -0.1) is 0 Å². The second kappa shape index (κ2) is 11.1. The first kappa shape index (κ1) is 26.4. The van der Waals surface area contributed by atoms with Crippen LogP contribution in [0.15, 0.2) is 30.3 Å². The second-order valence-electron chi connectivity index (χ2n) is 7.94. The highest BCUT2D eigenvalue weighted by Gasteiger charge is 2.58. The number of carbonyl (C=O) groups is 4. The minimum absolute atomic E-state index is 0.0650. The van der Waals surface area contributed by atoms with E-state index >= 15 is 0 Å². The van der Waals surface area contributed by atoms with Gasteiger partial charge in [0, 0.05) is 5.92 Å². The van der Waals surface area contributed by atoms with Gasteiger partial charge in [-0.3, -0.25) is 14.4 Å². The fourth-order valence-corrected chi connectivity index (χ4v) is 3.70. The van der Waals surface area contributed by atoms with Gasteiger partial charge in [0.15, 0.2) is 11.6 Å². The first-order chi connectivity index (χ1) is 14.4. The molecule has 1 aromatic rings. The Morgan fingerprint density at radius 3 is 2.00 bits per heavy atom. The van der Waals surface area contributed by atoms with Crippen molar-refractivity contribution in [3.63, 3.8) is 0 Å². The number of nitrogens with one attached hydrogen (secondary N) is 1. The van der Waals surface area contributed by atoms with Crippen LogP contribution in [0.5, 0.6) is 0 Å². The molecule has 10 nitrogen and oxygen atoms in total. The monoisotopic (exact) mass is 437 g/mol. The van der Waals surface area contributed by atoms with Crippen molar-refractivity contribution in [3.8, 4) is 0 Å². The Morgan fingerprint density at radius 2 is 1.61 bits per heavy atom. The average molecular weight is 437 g/mol. The highest BCUT2D eigenvalue weighted by molar-refractivity contribution is 6.13. The molecule has 0 spiro atoms. The van der Waals surface area contributed by atoms with Crippen molar-refractivity contribution in [1.29, 1.82) is 0 Å². The van der Waals surface area contributed by atoms with E-state index in [1.807, 2.05) is 0 Å². The molecular weight excluding hydrogens is 406 g/mol. The molecule has 5 atom stereocenters. The summed E-state index contributed by atoms with van der Waals surface area (Å²) in [6.07, 6.45) is 0.280. The molecule has 8 N–H and O–H groups in total. The molecule has 0 aromatic heterocycles. The predicted molar refractivity (Wildman–Crippen MR) is 111 cm³/mol. The lowest BCUT2D eigenvalue weighted by atomic mass is 9.72. The maximum Gasteiger partial charge on any atom is 0.335 e. The zero-order valence-electron chi connectivity index (χ0n) is 17.8. The summed E-state index contributed by atoms with van der Waals surface area (Å²) in [7, 11) is 0. The van der Waals surface area contributed by atoms with E-state index in [4.69, 9.17) is 11.5 Å². The van der Waals surface area contributed by atoms with E-state index in [0.29, 0.717) is 5.56 Å². The van der Waals surface area contributed by atoms with Crippen molar-refractivity contribution in [1.82, 2.24) is 5.48 Å². The lowest BCUT2D eigenvalue weighted by Gasteiger charge is -2.37. The highest BCUT2D eigenvalue weighted by Crippen LogP contribution is 2.29. The first-order valence-electron chi connectivity index (χ1n) is 9.97. The standard InChI is InChI=1S/C21H31N3O7/c1-4-13(12-8-6-5-7-9-12)16(25)15(19(27)28)17(23)21(24-31,20(29)30)18(26)14(22)10-11(2)3/h5-9,11,13-15,17,24,31H,4,10,22-23H2,1-3H3,(H,27,28)(H,29,30). The van der Waals surface area contributed by atoms with Gasteiger partial charge in [0.25, 0.3) is 0 Å². The van der Waals surface area contributed by atoms with Gasteiger partial charge in [-0.1, -0.05) is 51.1 Å². The third kappa shape index (κ3) is 5.53. The van der Waals surface area contributed by atoms with Gasteiger partial charge < -0.3 is 26.9 Å². The predicted octanol–water partition coefficient (Wildman–Crippen LogP) is 0.522. The van der Waals surface area contributed by atoms with Gasteiger partial charge in [-0.25, -0.2) is 4.79 Å². The summed E-state index contributed by atoms with van der Waals surface area (Å²) in [6.45, 7) is 5.16. The van der Waals surface area contributed by atoms with E-state index in [1.165, 1.54) is 5.48 Å². The molecule has 0 saturated heterocycles. The van der Waals surface area contributed by atoms with E-state index in [2.05, 4.69) is 0 Å². The number of nitrogens with two attached hydrogens (primary N) is 2. The lowest BCUT2D eigenvalue weighted by Crippen LogP contribution is -2.73. The summed E-state index contributed by atoms with van der Waals surface area (Å²) in [5.74, 6) is -8.83. The minimum Gasteiger partial charge on any atom is -0.481 e. The molecule has 1 aromatic carbocycles. The fourth-order valence-electron chi connectivity index (χ4n) is 3.70. The first-order valence-corrected chi connectivity index (χ1v) is 9.97. The number of aliphatic carboxylic acids is 2. The molecule has 0 bridgehead atoms. The number of hydrogen-bond acceptors (Lipinski definition) is 8. The summed E-state index contributed by atoms with van der Waals surface area (Å²) in [5, 5.41) is 29.3. The molecule has 172 valence electrons. The second-order valence-corrected chi connectivity index (χ2v) is 7.94. The molecule has 0 heterocycles. The van der Waals surface area contributed by atoms with Crippen molar-refractivity contribution in [3.05, 3.63) is 35.9 Å². The van der Waals surface area contributed by atoms with E-state index in [-0.39, 0.29) is 18.8 Å². The summed E-state index contributed by atoms with van der Waals surface area (Å²) >= 11 is 0. The minimum atomic E-state index is -2.98. The summed E-state index contributed by atoms with van der Waals surface area (Å²) < 4.78 is 0. The van der Waals surface area contributed by atoms with E-state index < -0.39 is 53.0 Å². The maximum absolute atomic E-state index is 13.2. The van der Waals surface area contributed by atoms with Crippen LogP contribution in [0.1, 0.15) is 45.1 Å². The number of carboxylic acids is 2. The van der Waals surface area contributed by atoms with Crippen LogP contribution < -0.4 is 16.9 Å². The summed E-state index contributed by atoms with van der Waals surface area (Å²) in [6, 6.07) is 4.84. The highest BCUT2D eigenvalue weighted by atomic mass is 16.5. The van der Waals surface area contributed by atoms with E-state index in [9.17, 15) is 34.6 Å². The zero-order chi connectivity index (χ0) is 23.9. The number of hydrogen-bond donors (Lipinski definition) is 6. The van der Waals surface area contributed by atoms with Crippen LogP contribution in [0.4, 0.5) is 0 Å². The number of Topliss-reactive ketones (excluding diaryl/α,β-unsaturated/α-hetero) is 2. The average Bonchev–Trinajstić information content (AvgIpc) is 2.69. The van der Waals surface area contributed by atoms with E-state index in [0.717, 1.165) is 0 Å². The molecule has 0 aliphatic carbocycles. The van der Waals surface area contributed by atoms with Crippen LogP contribution in [0.2, 0.25) is 0 Å². The number of rotatable bonds is 13. The molecule has 0 aliphatic heterocycles. The Hall–Kier alpha value is -2.66. The Labute approximate surface area is 180 Å². The third-order valence-corrected chi connectivity index (χ3v) is 5.35. The van der Waals surface area contributed by atoms with Crippen LogP contribution in [0, 0.1) is 11.8 Å². The van der Waals surface area contributed by atoms with Crippen molar-refractivity contribution >= 4 is 23.5 Å². The lowest BCUT2D eigenvalue weighted by molar-refractivity contribution is -0.162. The van der Waals surface area contributed by atoms with Gasteiger partial charge in [-0.05, 0) is 24.3 Å². The molecule has 0 aliphatic rings. The Morgan fingerprint density at radius 1 is 1.06 bits per heavy atom. The molecule has 0 fully saturated rings. The van der Waals surface area contributed by atoms with Crippen LogP contribution in [0.25, 0.3) is 0 Å². The SMILES string of the molecule is CCC(C(=O)C(C(=O)O)C(N)C(NO)(C(=O)O)C(=O)C(N)CC(C)C)c1ccccc1. The third-order valence-electron chi connectivity index (χ3n) is 5.35. The smallest absolute Gasteiger partial charge is 0.335 e. The molecule has 0 radical (unpaired) electrons. The Bertz CT molecular complexity index is 799. The molecule has 5 unspecified atom stereocenters. The van der Waals surface area contributed by atoms with Gasteiger partial charge in [0.05, 0.1) is 12.1 Å². The van der Waals surface area contributed by atoms with Gasteiger partial charge >= 0.3 is 11.9 Å². The molecular formula is C21H31N3O7. The topological polar surface area (TPSA) is 193 Å². The summed E-state index contributed by atoms with van der Waals surface area (Å²) in [5.41, 5.74) is 10.7. The zero-order valence-corrected chi connectivity index (χ0v) is 17.8. The van der Waals surface area contributed by atoms with Gasteiger partial charge in [0.2, 0.25) is 5.54 Å². The number of carbonyl (C=O) groups excluding carboxylic acids is 2. The Kier molecular flexibility index (Phi) is 9.44. The summed E-state index contributed by atoms with van der Waals surface area (Å²) in [4.78, 5) is 50.3. The Balaban J connectivity index is 3.50. The van der Waals surface area contributed by atoms with Crippen molar-refractivity contribution in [2.24, 2.45) is 23.3 Å². The molecule has 0 saturated carbocycles. The van der Waals surface area contributed by atoms with Crippen molar-refractivity contribution < 1.29 is 34.6 Å². The van der Waals surface area contributed by atoms with Crippen LogP contribution in [-0.4, -0.2) is 56.5 Å². The molecule has 10 heteroatoms. The van der Waals surface area contributed by atoms with Crippen LogP contribution >= 0.6 is 0 Å². The quantitative estimate of drug-likeness (QED) is 0.187. The molecule has 31 heavy (non-hydrogen) atoms. The number of benzene rings is 1. The van der Waals surface area contributed by atoms with Gasteiger partial charge in [0.1, 0.15) is 5.92 Å². The maximum atomic E-state index is 13.2. The van der Waals surface area contributed by atoms with Crippen molar-refractivity contribution in [2.45, 2.75) is 57.2 Å². The number of carboxylic acid groups (broad SMARTS) is 2. The molecule has 0 amide bonds. The number of ketones is 2. The molecule has 1 rings (SSSR count).